The quantitative estimate of drug-likeness (QED) is 0.342. The van der Waals surface area contributed by atoms with Gasteiger partial charge in [0.15, 0.2) is 4.91 Å². The Balaban J connectivity index is 1.57. The maximum Gasteiger partial charge on any atom is 0.250 e. The fraction of sp³-hybridized carbons (Fsp3) is 0.480. The van der Waals surface area contributed by atoms with Crippen molar-refractivity contribution >= 4 is 32.6 Å². The molecule has 8 nitrogen and oxygen atoms in total. The molecule has 1 aliphatic rings. The molecule has 0 spiro atoms. The van der Waals surface area contributed by atoms with Crippen molar-refractivity contribution < 1.29 is 22.6 Å². The number of nitrogens with one attached hydrogen (secondary N) is 1. The van der Waals surface area contributed by atoms with Crippen LogP contribution in [0.2, 0.25) is 0 Å². The fourth-order valence-corrected chi connectivity index (χ4v) is 4.72. The Bertz CT molecular complexity index is 1110. The molecule has 0 aromatic heterocycles. The van der Waals surface area contributed by atoms with Crippen LogP contribution >= 0.6 is 0 Å². The van der Waals surface area contributed by atoms with Crippen LogP contribution in [0.5, 0.6) is 0 Å². The SMILES string of the molecule is COCCOCCOCCNS(=O)(=O)/C(C#N)=C\c1ccc2cc(N3CCCCC3)ccc2c1. The van der Waals surface area contributed by atoms with Gasteiger partial charge in [0, 0.05) is 32.4 Å². The van der Waals surface area contributed by atoms with Crippen molar-refractivity contribution in [2.45, 2.75) is 19.3 Å². The largest absolute Gasteiger partial charge is 0.382 e. The van der Waals surface area contributed by atoms with Gasteiger partial charge in [-0.1, -0.05) is 18.2 Å². The third kappa shape index (κ3) is 7.79. The standard InChI is InChI=1S/C25H33N3O5S/c1-31-13-14-33-16-15-32-12-9-27-34(29,30)25(20-26)18-21-5-6-23-19-24(8-7-22(23)17-21)28-10-3-2-4-11-28/h5-8,17-19,27H,2-4,9-16H2,1H3/b25-18-. The highest BCUT2D eigenvalue weighted by Gasteiger charge is 2.17. The Morgan fingerprint density at radius 1 is 1.00 bits per heavy atom. The molecule has 34 heavy (non-hydrogen) atoms. The third-order valence-electron chi connectivity index (χ3n) is 5.61. The molecule has 0 saturated carbocycles. The van der Waals surface area contributed by atoms with Crippen LogP contribution in [0, 0.1) is 11.3 Å². The van der Waals surface area contributed by atoms with Crippen LogP contribution in [0.15, 0.2) is 41.3 Å². The number of hydrogen-bond acceptors (Lipinski definition) is 7. The van der Waals surface area contributed by atoms with Crippen LogP contribution < -0.4 is 9.62 Å². The number of ether oxygens (including phenoxy) is 3. The molecule has 184 valence electrons. The zero-order valence-corrected chi connectivity index (χ0v) is 20.5. The van der Waals surface area contributed by atoms with Gasteiger partial charge < -0.3 is 19.1 Å². The number of rotatable bonds is 13. The van der Waals surface area contributed by atoms with E-state index in [0.717, 1.165) is 23.9 Å². The maximum atomic E-state index is 12.6. The van der Waals surface area contributed by atoms with E-state index in [1.165, 1.54) is 31.0 Å². The van der Waals surface area contributed by atoms with Gasteiger partial charge in [-0.25, -0.2) is 13.1 Å². The van der Waals surface area contributed by atoms with E-state index in [1.54, 1.807) is 13.2 Å². The molecule has 0 unspecified atom stereocenters. The van der Waals surface area contributed by atoms with Crippen molar-refractivity contribution in [1.29, 1.82) is 5.26 Å². The Morgan fingerprint density at radius 2 is 1.68 bits per heavy atom. The molecule has 3 rings (SSSR count). The second kappa shape index (κ2) is 13.4. The van der Waals surface area contributed by atoms with Gasteiger partial charge in [0.1, 0.15) is 6.07 Å². The van der Waals surface area contributed by atoms with Crippen molar-refractivity contribution in [3.05, 3.63) is 46.9 Å². The lowest BCUT2D eigenvalue weighted by Crippen LogP contribution is -2.29. The van der Waals surface area contributed by atoms with Gasteiger partial charge in [-0.3, -0.25) is 0 Å². The number of benzene rings is 2. The van der Waals surface area contributed by atoms with Crippen molar-refractivity contribution in [1.82, 2.24) is 4.72 Å². The summed E-state index contributed by atoms with van der Waals surface area (Å²) in [6.45, 7) is 4.16. The Hall–Kier alpha value is -2.48. The van der Waals surface area contributed by atoms with Gasteiger partial charge in [0.05, 0.1) is 33.0 Å². The Kier molecular flexibility index (Phi) is 10.3. The number of methoxy groups -OCH3 is 1. The van der Waals surface area contributed by atoms with Crippen molar-refractivity contribution in [3.63, 3.8) is 0 Å². The Labute approximate surface area is 202 Å². The molecule has 0 bridgehead atoms. The highest BCUT2D eigenvalue weighted by molar-refractivity contribution is 7.93. The highest BCUT2D eigenvalue weighted by Crippen LogP contribution is 2.26. The lowest BCUT2D eigenvalue weighted by molar-refractivity contribution is 0.0263. The number of piperidine rings is 1. The molecule has 0 aliphatic carbocycles. The van der Waals surface area contributed by atoms with Gasteiger partial charge in [-0.2, -0.15) is 5.26 Å². The van der Waals surface area contributed by atoms with Crippen LogP contribution in [0.1, 0.15) is 24.8 Å². The molecule has 1 aliphatic heterocycles. The molecule has 1 heterocycles. The summed E-state index contributed by atoms with van der Waals surface area (Å²) in [5, 5.41) is 11.5. The molecule has 2 aromatic carbocycles. The fourth-order valence-electron chi connectivity index (χ4n) is 3.80. The van der Waals surface area contributed by atoms with Crippen LogP contribution in [-0.4, -0.2) is 68.2 Å². The van der Waals surface area contributed by atoms with Crippen molar-refractivity contribution in [2.24, 2.45) is 0 Å². The number of hydrogen-bond donors (Lipinski definition) is 1. The molecule has 9 heteroatoms. The van der Waals surface area contributed by atoms with Gasteiger partial charge in [0.25, 0.3) is 10.0 Å². The molecule has 1 N–H and O–H groups in total. The van der Waals surface area contributed by atoms with Gasteiger partial charge >= 0.3 is 0 Å². The van der Waals surface area contributed by atoms with E-state index in [9.17, 15) is 13.7 Å². The van der Waals surface area contributed by atoms with E-state index in [0.29, 0.717) is 32.0 Å². The second-order valence-electron chi connectivity index (χ2n) is 8.07. The van der Waals surface area contributed by atoms with Crippen LogP contribution in [0.4, 0.5) is 5.69 Å². The first kappa shape index (κ1) is 26.1. The average molecular weight is 488 g/mol. The van der Waals surface area contributed by atoms with Crippen molar-refractivity contribution in [3.8, 4) is 6.07 Å². The maximum absolute atomic E-state index is 12.6. The predicted molar refractivity (Wildman–Crippen MR) is 134 cm³/mol. The third-order valence-corrected chi connectivity index (χ3v) is 6.98. The minimum atomic E-state index is -3.93. The summed E-state index contributed by atoms with van der Waals surface area (Å²) in [5.74, 6) is 0. The number of fused-ring (bicyclic) bond motifs is 1. The molecule has 0 radical (unpaired) electrons. The van der Waals surface area contributed by atoms with Gasteiger partial charge in [-0.15, -0.1) is 0 Å². The number of nitriles is 1. The second-order valence-corrected chi connectivity index (χ2v) is 9.81. The summed E-state index contributed by atoms with van der Waals surface area (Å²) in [6, 6.07) is 13.8. The molecule has 0 amide bonds. The lowest BCUT2D eigenvalue weighted by Gasteiger charge is -2.29. The summed E-state index contributed by atoms with van der Waals surface area (Å²) in [6.07, 6.45) is 5.12. The summed E-state index contributed by atoms with van der Waals surface area (Å²) < 4.78 is 43.0. The minimum Gasteiger partial charge on any atom is -0.382 e. The Morgan fingerprint density at radius 3 is 2.41 bits per heavy atom. The van der Waals surface area contributed by atoms with Crippen LogP contribution in [0.3, 0.4) is 0 Å². The minimum absolute atomic E-state index is 0.0659. The molecule has 2 aromatic rings. The van der Waals surface area contributed by atoms with Crippen LogP contribution in [0.25, 0.3) is 16.8 Å². The number of anilines is 1. The molecule has 0 atom stereocenters. The van der Waals surface area contributed by atoms with E-state index in [-0.39, 0.29) is 18.1 Å². The molecule has 1 fully saturated rings. The zero-order valence-electron chi connectivity index (χ0n) is 19.7. The van der Waals surface area contributed by atoms with Crippen molar-refractivity contribution in [2.75, 3.05) is 64.7 Å². The lowest BCUT2D eigenvalue weighted by atomic mass is 10.0. The van der Waals surface area contributed by atoms with E-state index in [2.05, 4.69) is 21.8 Å². The van der Waals surface area contributed by atoms with E-state index in [4.69, 9.17) is 14.2 Å². The van der Waals surface area contributed by atoms with Gasteiger partial charge in [0.2, 0.25) is 0 Å². The summed E-state index contributed by atoms with van der Waals surface area (Å²) in [7, 11) is -2.34. The zero-order chi connectivity index (χ0) is 24.2. The number of sulfonamides is 1. The first-order valence-corrected chi connectivity index (χ1v) is 13.1. The summed E-state index contributed by atoms with van der Waals surface area (Å²) >= 11 is 0. The normalized spacial score (nSPS) is 14.9. The van der Waals surface area contributed by atoms with Gasteiger partial charge in [-0.05, 0) is 59.9 Å². The van der Waals surface area contributed by atoms with Crippen LogP contribution in [-0.2, 0) is 24.2 Å². The summed E-state index contributed by atoms with van der Waals surface area (Å²) in [4.78, 5) is 2.07. The average Bonchev–Trinajstić information content (AvgIpc) is 2.86. The van der Waals surface area contributed by atoms with E-state index >= 15 is 0 Å². The number of nitrogens with zero attached hydrogens (tertiary/aromatic N) is 2. The molecular formula is C25H33N3O5S. The predicted octanol–water partition coefficient (Wildman–Crippen LogP) is 3.29. The molecule has 1 saturated heterocycles. The smallest absolute Gasteiger partial charge is 0.250 e. The number of allylic oxidation sites excluding steroid dienone is 1. The first-order valence-electron chi connectivity index (χ1n) is 11.6. The molecular weight excluding hydrogens is 454 g/mol. The highest BCUT2D eigenvalue weighted by atomic mass is 32.2. The first-order chi connectivity index (χ1) is 16.5. The monoisotopic (exact) mass is 487 g/mol. The van der Waals surface area contributed by atoms with E-state index < -0.39 is 10.0 Å². The summed E-state index contributed by atoms with van der Waals surface area (Å²) in [5.41, 5.74) is 1.87. The van der Waals surface area contributed by atoms with E-state index in [1.807, 2.05) is 24.3 Å². The topological polar surface area (TPSA) is 101 Å².